The highest BCUT2D eigenvalue weighted by molar-refractivity contribution is 7.07. The summed E-state index contributed by atoms with van der Waals surface area (Å²) in [6.45, 7) is 0. The van der Waals surface area contributed by atoms with Gasteiger partial charge in [0.15, 0.2) is 0 Å². The molecule has 0 bridgehead atoms. The minimum Gasteiger partial charge on any atom is -0.298 e. The Morgan fingerprint density at radius 3 is 2.62 bits per heavy atom. The van der Waals surface area contributed by atoms with Crippen molar-refractivity contribution in [3.63, 3.8) is 0 Å². The topological polar surface area (TPSA) is 74.0 Å². The van der Waals surface area contributed by atoms with Crippen LogP contribution in [0, 0.1) is 0 Å². The van der Waals surface area contributed by atoms with Gasteiger partial charge < -0.3 is 0 Å². The van der Waals surface area contributed by atoms with E-state index in [1.807, 2.05) is 6.07 Å². The Morgan fingerprint density at radius 2 is 2.00 bits per heavy atom. The molecule has 1 amide bonds. The third kappa shape index (κ3) is 2.48. The van der Waals surface area contributed by atoms with E-state index in [0.29, 0.717) is 11.4 Å². The molecule has 6 heteroatoms. The Morgan fingerprint density at radius 1 is 1.25 bits per heavy atom. The molecule has 0 aliphatic heterocycles. The van der Waals surface area contributed by atoms with Crippen LogP contribution in [0.5, 0.6) is 0 Å². The average Bonchev–Trinajstić information content (AvgIpc) is 2.73. The first-order valence-corrected chi connectivity index (χ1v) is 5.43. The molecule has 0 spiro atoms. The predicted molar refractivity (Wildman–Crippen MR) is 62.5 cm³/mol. The highest BCUT2D eigenvalue weighted by Gasteiger charge is 2.03. The largest absolute Gasteiger partial charge is 0.306 e. The number of hydrogen-bond donors (Lipinski definition) is 3. The average molecular weight is 235 g/mol. The monoisotopic (exact) mass is 235 g/mol. The molecule has 0 aliphatic carbocycles. The Balaban J connectivity index is 1.96. The van der Waals surface area contributed by atoms with Crippen molar-refractivity contribution < 1.29 is 4.79 Å². The molecule has 0 atom stereocenters. The molecule has 3 N–H and O–H groups in total. The summed E-state index contributed by atoms with van der Waals surface area (Å²) in [5.74, 6) is 0.215. The highest BCUT2D eigenvalue weighted by Crippen LogP contribution is 2.01. The Kier molecular flexibility index (Phi) is 3.02. The smallest absolute Gasteiger partial charge is 0.298 e. The maximum atomic E-state index is 11.6. The van der Waals surface area contributed by atoms with Crippen LogP contribution >= 0.6 is 11.3 Å². The van der Waals surface area contributed by atoms with Crippen LogP contribution in [0.1, 0.15) is 10.4 Å². The lowest BCUT2D eigenvalue weighted by Crippen LogP contribution is -2.29. The quantitative estimate of drug-likeness (QED) is 0.700. The van der Waals surface area contributed by atoms with Gasteiger partial charge in [-0.05, 0) is 12.1 Å². The Bertz CT molecular complexity index is 532. The molecular formula is C10H9N3O2S. The molecular weight excluding hydrogens is 226 g/mol. The predicted octanol–water partition coefficient (Wildman–Crippen LogP) is 1.19. The first-order valence-electron chi connectivity index (χ1n) is 4.55. The molecule has 1 aromatic carbocycles. The zero-order valence-corrected chi connectivity index (χ0v) is 9.01. The number of carbonyl (C=O) groups is 1. The molecule has 1 aromatic heterocycles. The summed E-state index contributed by atoms with van der Waals surface area (Å²) in [5, 5.41) is 1.59. The number of aromatic amines is 1. The van der Waals surface area contributed by atoms with Crippen LogP contribution in [0.15, 0.2) is 40.5 Å². The fourth-order valence-corrected chi connectivity index (χ4v) is 1.64. The van der Waals surface area contributed by atoms with Gasteiger partial charge in [0, 0.05) is 10.9 Å². The number of rotatable bonds is 3. The summed E-state index contributed by atoms with van der Waals surface area (Å²) in [5.41, 5.74) is 5.64. The normalized spacial score (nSPS) is 9.75. The lowest BCUT2D eigenvalue weighted by Gasteiger charge is -2.05. The van der Waals surface area contributed by atoms with E-state index >= 15 is 0 Å². The number of aromatic nitrogens is 1. The van der Waals surface area contributed by atoms with Crippen molar-refractivity contribution in [3.8, 4) is 0 Å². The lowest BCUT2D eigenvalue weighted by atomic mass is 10.2. The molecule has 2 rings (SSSR count). The molecule has 2 aromatic rings. The van der Waals surface area contributed by atoms with E-state index < -0.39 is 0 Å². The summed E-state index contributed by atoms with van der Waals surface area (Å²) < 4.78 is 0. The highest BCUT2D eigenvalue weighted by atomic mass is 32.1. The molecule has 0 saturated heterocycles. The van der Waals surface area contributed by atoms with Crippen molar-refractivity contribution in [2.24, 2.45) is 0 Å². The molecule has 0 aliphatic rings. The zero-order valence-electron chi connectivity index (χ0n) is 8.19. The van der Waals surface area contributed by atoms with E-state index in [0.717, 1.165) is 11.3 Å². The molecule has 0 fully saturated rings. The summed E-state index contributed by atoms with van der Waals surface area (Å²) in [7, 11) is 0. The molecule has 0 unspecified atom stereocenters. The van der Waals surface area contributed by atoms with Crippen LogP contribution in [-0.2, 0) is 0 Å². The third-order valence-corrected chi connectivity index (χ3v) is 2.54. The second-order valence-corrected chi connectivity index (χ2v) is 3.85. The minimum absolute atomic E-state index is 0.170. The standard InChI is InChI=1S/C10H9N3O2S/c14-9(7-4-2-1-3-5-7)13-12-8-6-16-10(15)11-8/h1-6,12H,(H,11,15)(H,13,14). The van der Waals surface area contributed by atoms with E-state index in [-0.39, 0.29) is 10.8 Å². The van der Waals surface area contributed by atoms with Crippen molar-refractivity contribution in [1.29, 1.82) is 0 Å². The number of H-pyrrole nitrogens is 1. The molecule has 0 radical (unpaired) electrons. The van der Waals surface area contributed by atoms with E-state index in [2.05, 4.69) is 15.8 Å². The van der Waals surface area contributed by atoms with Gasteiger partial charge in [0.1, 0.15) is 5.82 Å². The molecule has 0 saturated carbocycles. The van der Waals surface area contributed by atoms with Crippen LogP contribution in [0.25, 0.3) is 0 Å². The molecule has 16 heavy (non-hydrogen) atoms. The van der Waals surface area contributed by atoms with Crippen LogP contribution in [-0.4, -0.2) is 10.9 Å². The number of hydrazine groups is 1. The number of benzene rings is 1. The Hall–Kier alpha value is -2.08. The van der Waals surface area contributed by atoms with Gasteiger partial charge in [-0.25, -0.2) is 0 Å². The van der Waals surface area contributed by atoms with Crippen molar-refractivity contribution in [1.82, 2.24) is 10.4 Å². The summed E-state index contributed by atoms with van der Waals surface area (Å²) >= 11 is 1.03. The van der Waals surface area contributed by atoms with Gasteiger partial charge >= 0.3 is 4.87 Å². The van der Waals surface area contributed by atoms with Crippen molar-refractivity contribution in [2.45, 2.75) is 0 Å². The van der Waals surface area contributed by atoms with E-state index in [1.54, 1.807) is 29.6 Å². The van der Waals surface area contributed by atoms with Crippen molar-refractivity contribution >= 4 is 23.1 Å². The Labute approximate surface area is 95.1 Å². The second-order valence-electron chi connectivity index (χ2n) is 3.01. The number of thiazole rings is 1. The third-order valence-electron chi connectivity index (χ3n) is 1.87. The maximum absolute atomic E-state index is 11.6. The van der Waals surface area contributed by atoms with Crippen molar-refractivity contribution in [3.05, 3.63) is 50.9 Å². The number of carbonyl (C=O) groups excluding carboxylic acids is 1. The molecule has 82 valence electrons. The fourth-order valence-electron chi connectivity index (χ4n) is 1.13. The van der Waals surface area contributed by atoms with E-state index in [9.17, 15) is 9.59 Å². The van der Waals surface area contributed by atoms with Crippen molar-refractivity contribution in [2.75, 3.05) is 5.43 Å². The maximum Gasteiger partial charge on any atom is 0.306 e. The number of nitrogens with one attached hydrogen (secondary N) is 3. The summed E-state index contributed by atoms with van der Waals surface area (Å²) in [4.78, 5) is 24.7. The van der Waals surface area contributed by atoms with Gasteiger partial charge in [-0.1, -0.05) is 29.5 Å². The van der Waals surface area contributed by atoms with E-state index in [1.165, 1.54) is 0 Å². The lowest BCUT2D eigenvalue weighted by molar-refractivity contribution is 0.0962. The van der Waals surface area contributed by atoms with Gasteiger partial charge in [0.2, 0.25) is 0 Å². The van der Waals surface area contributed by atoms with E-state index in [4.69, 9.17) is 0 Å². The molecule has 1 heterocycles. The summed E-state index contributed by atoms with van der Waals surface area (Å²) in [6, 6.07) is 8.80. The molecule has 5 nitrogen and oxygen atoms in total. The minimum atomic E-state index is -0.257. The van der Waals surface area contributed by atoms with Gasteiger partial charge in [-0.2, -0.15) is 0 Å². The van der Waals surface area contributed by atoms with Crippen LogP contribution < -0.4 is 15.7 Å². The first kappa shape index (κ1) is 10.4. The van der Waals surface area contributed by atoms with Crippen LogP contribution in [0.3, 0.4) is 0 Å². The SMILES string of the molecule is O=C(NNc1csc(=O)[nH]1)c1ccccc1. The zero-order chi connectivity index (χ0) is 11.4. The number of amides is 1. The summed E-state index contributed by atoms with van der Waals surface area (Å²) in [6.07, 6.45) is 0. The van der Waals surface area contributed by atoms with Gasteiger partial charge in [0.05, 0.1) is 0 Å². The van der Waals surface area contributed by atoms with Gasteiger partial charge in [-0.15, -0.1) is 0 Å². The second kappa shape index (κ2) is 4.63. The number of anilines is 1. The van der Waals surface area contributed by atoms with Gasteiger partial charge in [0.25, 0.3) is 5.91 Å². The van der Waals surface area contributed by atoms with Gasteiger partial charge in [-0.3, -0.25) is 25.4 Å². The fraction of sp³-hybridized carbons (Fsp3) is 0. The number of hydrogen-bond acceptors (Lipinski definition) is 4. The van der Waals surface area contributed by atoms with Crippen LogP contribution in [0.4, 0.5) is 5.82 Å². The van der Waals surface area contributed by atoms with Crippen LogP contribution in [0.2, 0.25) is 0 Å². The first-order chi connectivity index (χ1) is 7.75.